The van der Waals surface area contributed by atoms with Crippen molar-refractivity contribution in [1.29, 1.82) is 0 Å². The van der Waals surface area contributed by atoms with E-state index in [4.69, 9.17) is 9.97 Å². The maximum atomic E-state index is 5.33. The predicted octanol–water partition coefficient (Wildman–Crippen LogP) is 10.6. The topological polar surface area (TPSA) is 25.8 Å². The standard InChI is InChI=1S/C43H32N2/c1-25-27-11-8-9-17-40(27)45-43(44-25)37-23-21-32-28-12-3-2-10-26(28)18-19-34(32)39-24-38-31-15-5-4-13-29(31)33-20-22-36(38)41(42(37)39)35-16-7-6-14-30(33)35/h2-19,24,33,37H,20-23H2,1H3/t33-,37-/m1/s1. The first-order chi connectivity index (χ1) is 22.2. The molecule has 0 spiro atoms. The molecule has 0 N–H and O–H groups in total. The number of fused-ring (bicyclic) bond motifs is 15. The summed E-state index contributed by atoms with van der Waals surface area (Å²) in [6.07, 6.45) is 4.15. The number of benzene rings is 6. The van der Waals surface area contributed by atoms with E-state index in [1.165, 1.54) is 72.0 Å². The fourth-order valence-electron chi connectivity index (χ4n) is 8.94. The first kappa shape index (κ1) is 25.3. The van der Waals surface area contributed by atoms with Crippen LogP contribution in [0.15, 0.2) is 115 Å². The molecule has 10 rings (SSSR count). The zero-order valence-electron chi connectivity index (χ0n) is 25.3. The summed E-state index contributed by atoms with van der Waals surface area (Å²) in [6, 6.07) is 43.1. The second-order valence-electron chi connectivity index (χ2n) is 13.1. The molecule has 0 amide bonds. The van der Waals surface area contributed by atoms with Crippen molar-refractivity contribution >= 4 is 21.7 Å². The SMILES string of the molecule is Cc1nc([C@@H]2CCc3c(ccc4ccccc34)-c3cc4c5c(c32)-c2ccccc2[C@H](CC5)c2ccccc2-4)nc2ccccc12. The third-order valence-corrected chi connectivity index (χ3v) is 10.9. The van der Waals surface area contributed by atoms with Crippen molar-refractivity contribution in [1.82, 2.24) is 9.97 Å². The van der Waals surface area contributed by atoms with Crippen LogP contribution in [0.4, 0.5) is 0 Å². The molecule has 214 valence electrons. The molecule has 45 heavy (non-hydrogen) atoms. The van der Waals surface area contributed by atoms with Crippen LogP contribution in [0.3, 0.4) is 0 Å². The molecule has 1 aromatic heterocycles. The van der Waals surface area contributed by atoms with Gasteiger partial charge >= 0.3 is 0 Å². The van der Waals surface area contributed by atoms with Crippen LogP contribution in [0.5, 0.6) is 0 Å². The molecule has 0 unspecified atom stereocenters. The van der Waals surface area contributed by atoms with E-state index in [0.717, 1.165) is 48.1 Å². The van der Waals surface area contributed by atoms with E-state index in [-0.39, 0.29) is 5.92 Å². The van der Waals surface area contributed by atoms with Gasteiger partial charge in [-0.1, -0.05) is 103 Å². The van der Waals surface area contributed by atoms with Crippen LogP contribution in [-0.2, 0) is 12.8 Å². The third kappa shape index (κ3) is 3.57. The Labute approximate surface area is 263 Å². The first-order valence-electron chi connectivity index (χ1n) is 16.4. The number of hydrogen-bond acceptors (Lipinski definition) is 2. The molecule has 2 bridgehead atoms. The summed E-state index contributed by atoms with van der Waals surface area (Å²) in [5.41, 5.74) is 17.7. The molecule has 0 fully saturated rings. The van der Waals surface area contributed by atoms with Gasteiger partial charge in [0.2, 0.25) is 0 Å². The minimum absolute atomic E-state index is 0.0801. The minimum atomic E-state index is 0.0801. The number of nitrogens with zero attached hydrogens (tertiary/aromatic N) is 2. The van der Waals surface area contributed by atoms with Crippen molar-refractivity contribution < 1.29 is 0 Å². The van der Waals surface area contributed by atoms with Crippen molar-refractivity contribution in [3.63, 3.8) is 0 Å². The Kier molecular flexibility index (Phi) is 5.31. The van der Waals surface area contributed by atoms with Crippen LogP contribution in [0.2, 0.25) is 0 Å². The normalized spacial score (nSPS) is 17.5. The van der Waals surface area contributed by atoms with E-state index in [1.54, 1.807) is 0 Å². The molecular formula is C43H32N2. The lowest BCUT2D eigenvalue weighted by molar-refractivity contribution is 0.683. The van der Waals surface area contributed by atoms with Gasteiger partial charge in [-0.15, -0.1) is 0 Å². The van der Waals surface area contributed by atoms with Crippen molar-refractivity contribution in [3.05, 3.63) is 155 Å². The van der Waals surface area contributed by atoms with Gasteiger partial charge in [-0.25, -0.2) is 9.97 Å². The van der Waals surface area contributed by atoms with Gasteiger partial charge in [-0.3, -0.25) is 0 Å². The van der Waals surface area contributed by atoms with Crippen LogP contribution < -0.4 is 0 Å². The fourth-order valence-corrected chi connectivity index (χ4v) is 8.94. The number of aromatic nitrogens is 2. The third-order valence-electron chi connectivity index (χ3n) is 10.9. The van der Waals surface area contributed by atoms with Gasteiger partial charge in [0.05, 0.1) is 5.52 Å². The maximum absolute atomic E-state index is 5.33. The number of aryl methyl sites for hydroxylation is 2. The highest BCUT2D eigenvalue weighted by molar-refractivity contribution is 5.98. The Morgan fingerprint density at radius 3 is 2.11 bits per heavy atom. The van der Waals surface area contributed by atoms with Crippen LogP contribution in [-0.4, -0.2) is 9.97 Å². The average molecular weight is 577 g/mol. The van der Waals surface area contributed by atoms with E-state index >= 15 is 0 Å². The lowest BCUT2D eigenvalue weighted by atomic mass is 9.75. The lowest BCUT2D eigenvalue weighted by Gasteiger charge is -2.29. The summed E-state index contributed by atoms with van der Waals surface area (Å²) in [5.74, 6) is 1.42. The summed E-state index contributed by atoms with van der Waals surface area (Å²) in [7, 11) is 0. The van der Waals surface area contributed by atoms with Crippen molar-refractivity contribution in [2.45, 2.75) is 44.4 Å². The molecule has 1 heterocycles. The number of hydrogen-bond donors (Lipinski definition) is 0. The monoisotopic (exact) mass is 576 g/mol. The van der Waals surface area contributed by atoms with Crippen LogP contribution in [0.25, 0.3) is 55.1 Å². The Bertz CT molecular complexity index is 2360. The quantitative estimate of drug-likeness (QED) is 0.194. The molecule has 0 radical (unpaired) electrons. The first-order valence-corrected chi connectivity index (χ1v) is 16.4. The van der Waals surface area contributed by atoms with Gasteiger partial charge in [0.1, 0.15) is 5.82 Å². The van der Waals surface area contributed by atoms with E-state index in [9.17, 15) is 0 Å². The zero-order valence-corrected chi connectivity index (χ0v) is 25.3. The van der Waals surface area contributed by atoms with Crippen LogP contribution in [0, 0.1) is 6.92 Å². The Balaban J connectivity index is 1.38. The smallest absolute Gasteiger partial charge is 0.136 e. The van der Waals surface area contributed by atoms with Crippen LogP contribution in [0.1, 0.15) is 64.0 Å². The Hall–Kier alpha value is -5.08. The molecule has 2 nitrogen and oxygen atoms in total. The van der Waals surface area contributed by atoms with E-state index in [1.807, 2.05) is 0 Å². The molecule has 6 aromatic carbocycles. The summed E-state index contributed by atoms with van der Waals surface area (Å²) in [5, 5.41) is 3.81. The minimum Gasteiger partial charge on any atom is -0.237 e. The molecule has 0 saturated carbocycles. The second-order valence-corrected chi connectivity index (χ2v) is 13.1. The van der Waals surface area contributed by atoms with Crippen molar-refractivity contribution in [2.24, 2.45) is 0 Å². The number of rotatable bonds is 1. The van der Waals surface area contributed by atoms with Gasteiger partial charge in [-0.2, -0.15) is 0 Å². The van der Waals surface area contributed by atoms with Gasteiger partial charge in [0.25, 0.3) is 0 Å². The predicted molar refractivity (Wildman–Crippen MR) is 185 cm³/mol. The van der Waals surface area contributed by atoms with E-state index in [0.29, 0.717) is 5.92 Å². The molecule has 0 saturated heterocycles. The Morgan fingerprint density at radius 1 is 0.533 bits per heavy atom. The van der Waals surface area contributed by atoms with Crippen molar-refractivity contribution in [2.75, 3.05) is 0 Å². The second kappa shape index (κ2) is 9.46. The molecule has 2 heteroatoms. The highest BCUT2D eigenvalue weighted by Gasteiger charge is 2.37. The van der Waals surface area contributed by atoms with Gasteiger partial charge < -0.3 is 0 Å². The highest BCUT2D eigenvalue weighted by atomic mass is 14.9. The number of para-hydroxylation sites is 1. The molecule has 3 aliphatic rings. The van der Waals surface area contributed by atoms with Gasteiger partial charge in [0, 0.05) is 22.9 Å². The Morgan fingerprint density at radius 2 is 1.22 bits per heavy atom. The maximum Gasteiger partial charge on any atom is 0.136 e. The van der Waals surface area contributed by atoms with E-state index < -0.39 is 0 Å². The summed E-state index contributed by atoms with van der Waals surface area (Å²) in [4.78, 5) is 10.6. The van der Waals surface area contributed by atoms with E-state index in [2.05, 4.69) is 122 Å². The molecule has 0 aliphatic heterocycles. The zero-order chi connectivity index (χ0) is 29.6. The van der Waals surface area contributed by atoms with Crippen LogP contribution >= 0.6 is 0 Å². The van der Waals surface area contributed by atoms with Gasteiger partial charge in [-0.05, 0) is 117 Å². The summed E-state index contributed by atoms with van der Waals surface area (Å²) >= 11 is 0. The molecule has 2 atom stereocenters. The molecule has 3 aliphatic carbocycles. The summed E-state index contributed by atoms with van der Waals surface area (Å²) < 4.78 is 0. The highest BCUT2D eigenvalue weighted by Crippen LogP contribution is 2.56. The summed E-state index contributed by atoms with van der Waals surface area (Å²) in [6.45, 7) is 2.14. The average Bonchev–Trinajstić information content (AvgIpc) is 3.44. The molecule has 7 aromatic rings. The lowest BCUT2D eigenvalue weighted by Crippen LogP contribution is -2.12. The largest absolute Gasteiger partial charge is 0.237 e. The van der Waals surface area contributed by atoms with Crippen molar-refractivity contribution in [3.8, 4) is 33.4 Å². The molecular weight excluding hydrogens is 544 g/mol. The van der Waals surface area contributed by atoms with Gasteiger partial charge in [0.15, 0.2) is 0 Å². The fraction of sp³-hybridized carbons (Fsp3) is 0.163.